The zero-order valence-corrected chi connectivity index (χ0v) is 15.1. The van der Waals surface area contributed by atoms with E-state index in [-0.39, 0.29) is 5.56 Å². The largest absolute Gasteiger partial charge is 0.417 e. The number of aromatic nitrogens is 3. The maximum absolute atomic E-state index is 13.3. The van der Waals surface area contributed by atoms with Crippen molar-refractivity contribution >= 4 is 23.0 Å². The molecule has 0 aliphatic heterocycles. The molecule has 0 unspecified atom stereocenters. The van der Waals surface area contributed by atoms with Crippen LogP contribution in [0.25, 0.3) is 21.8 Å². The Morgan fingerprint density at radius 3 is 2.54 bits per heavy atom. The van der Waals surface area contributed by atoms with Gasteiger partial charge in [-0.05, 0) is 35.4 Å². The number of thiazole rings is 1. The fourth-order valence-electron chi connectivity index (χ4n) is 2.76. The van der Waals surface area contributed by atoms with E-state index in [1.165, 1.54) is 23.5 Å². The van der Waals surface area contributed by atoms with Crippen LogP contribution in [-0.2, 0) is 6.18 Å². The van der Waals surface area contributed by atoms with Gasteiger partial charge in [0.25, 0.3) is 0 Å². The predicted molar refractivity (Wildman–Crippen MR) is 103 cm³/mol. The highest BCUT2D eigenvalue weighted by atomic mass is 32.1. The van der Waals surface area contributed by atoms with Crippen LogP contribution in [0.15, 0.2) is 72.4 Å². The Balaban J connectivity index is 1.65. The van der Waals surface area contributed by atoms with Gasteiger partial charge in [0.15, 0.2) is 0 Å². The number of hydrogen-bond acceptors (Lipinski definition) is 5. The van der Waals surface area contributed by atoms with Crippen molar-refractivity contribution in [2.24, 2.45) is 0 Å². The molecule has 0 bridgehead atoms. The normalized spacial score (nSPS) is 11.4. The number of nitrogens with zero attached hydrogens (tertiary/aromatic N) is 3. The fraction of sp³-hybridized carbons (Fsp3) is 0.0500. The zero-order chi connectivity index (χ0) is 19.6. The maximum Gasteiger partial charge on any atom is 0.417 e. The smallest absolute Gasteiger partial charge is 0.324 e. The number of benzene rings is 2. The second-order valence-corrected chi connectivity index (χ2v) is 6.75. The number of alkyl halides is 3. The summed E-state index contributed by atoms with van der Waals surface area (Å²) in [6.45, 7) is 0. The molecule has 0 aliphatic carbocycles. The van der Waals surface area contributed by atoms with E-state index in [2.05, 4.69) is 20.3 Å². The van der Waals surface area contributed by atoms with E-state index in [9.17, 15) is 13.2 Å². The maximum atomic E-state index is 13.3. The van der Waals surface area contributed by atoms with Gasteiger partial charge in [-0.25, -0.2) is 15.0 Å². The zero-order valence-electron chi connectivity index (χ0n) is 14.3. The molecule has 2 aromatic heterocycles. The lowest BCUT2D eigenvalue weighted by Gasteiger charge is -2.14. The highest BCUT2D eigenvalue weighted by molar-refractivity contribution is 7.13. The fourth-order valence-corrected chi connectivity index (χ4v) is 3.37. The second-order valence-electron chi connectivity index (χ2n) is 5.85. The average Bonchev–Trinajstić information content (AvgIpc) is 3.23. The van der Waals surface area contributed by atoms with Gasteiger partial charge in [-0.15, -0.1) is 11.3 Å². The summed E-state index contributed by atoms with van der Waals surface area (Å²) in [5.74, 6) is 0.342. The molecule has 1 N–H and O–H groups in total. The van der Waals surface area contributed by atoms with E-state index in [1.54, 1.807) is 48.8 Å². The number of rotatable bonds is 4. The first-order valence-corrected chi connectivity index (χ1v) is 9.15. The molecule has 2 aromatic carbocycles. The van der Waals surface area contributed by atoms with Crippen LogP contribution in [0.5, 0.6) is 0 Å². The molecule has 2 heterocycles. The quantitative estimate of drug-likeness (QED) is 0.456. The summed E-state index contributed by atoms with van der Waals surface area (Å²) in [6, 6.07) is 14.0. The lowest BCUT2D eigenvalue weighted by atomic mass is 9.99. The Bertz CT molecular complexity index is 1090. The van der Waals surface area contributed by atoms with Gasteiger partial charge >= 0.3 is 6.18 Å². The Hall–Kier alpha value is -3.26. The van der Waals surface area contributed by atoms with Gasteiger partial charge in [0.2, 0.25) is 5.95 Å². The Morgan fingerprint density at radius 2 is 1.75 bits per heavy atom. The third kappa shape index (κ3) is 3.86. The van der Waals surface area contributed by atoms with Gasteiger partial charge < -0.3 is 5.32 Å². The van der Waals surface area contributed by atoms with Crippen LogP contribution >= 0.6 is 11.3 Å². The van der Waals surface area contributed by atoms with Crippen molar-refractivity contribution in [3.8, 4) is 21.8 Å². The third-order valence-electron chi connectivity index (χ3n) is 3.97. The predicted octanol–water partition coefficient (Wildman–Crippen LogP) is 6.03. The van der Waals surface area contributed by atoms with Crippen LogP contribution in [-0.4, -0.2) is 15.0 Å². The van der Waals surface area contributed by atoms with Crippen LogP contribution in [0.3, 0.4) is 0 Å². The Labute approximate surface area is 162 Å². The van der Waals surface area contributed by atoms with Crippen LogP contribution in [0.4, 0.5) is 24.8 Å². The Morgan fingerprint density at radius 1 is 0.893 bits per heavy atom. The molecule has 0 fully saturated rings. The topological polar surface area (TPSA) is 50.7 Å². The molecule has 0 radical (unpaired) electrons. The van der Waals surface area contributed by atoms with Crippen molar-refractivity contribution in [1.29, 1.82) is 0 Å². The van der Waals surface area contributed by atoms with Crippen molar-refractivity contribution in [3.63, 3.8) is 0 Å². The summed E-state index contributed by atoms with van der Waals surface area (Å²) < 4.78 is 40.0. The third-order valence-corrected chi connectivity index (χ3v) is 4.76. The van der Waals surface area contributed by atoms with Crippen molar-refractivity contribution in [1.82, 2.24) is 15.0 Å². The lowest BCUT2D eigenvalue weighted by Crippen LogP contribution is -2.07. The van der Waals surface area contributed by atoms with Crippen LogP contribution < -0.4 is 5.32 Å². The molecule has 4 rings (SSSR count). The molecule has 4 aromatic rings. The van der Waals surface area contributed by atoms with Gasteiger partial charge in [0, 0.05) is 23.5 Å². The van der Waals surface area contributed by atoms with E-state index in [4.69, 9.17) is 0 Å². The van der Waals surface area contributed by atoms with Gasteiger partial charge in [-0.1, -0.05) is 30.3 Å². The summed E-state index contributed by atoms with van der Waals surface area (Å²) >= 11 is 1.46. The molecule has 4 nitrogen and oxygen atoms in total. The van der Waals surface area contributed by atoms with Gasteiger partial charge in [0.05, 0.1) is 5.56 Å². The molecule has 140 valence electrons. The highest BCUT2D eigenvalue weighted by Crippen LogP contribution is 2.37. The number of nitrogens with one attached hydrogen (secondary N) is 1. The van der Waals surface area contributed by atoms with E-state index >= 15 is 0 Å². The van der Waals surface area contributed by atoms with Gasteiger partial charge in [-0.2, -0.15) is 13.2 Å². The summed E-state index contributed by atoms with van der Waals surface area (Å²) in [4.78, 5) is 12.8. The van der Waals surface area contributed by atoms with Crippen molar-refractivity contribution in [3.05, 3.63) is 77.9 Å². The molecule has 0 saturated heterocycles. The minimum Gasteiger partial charge on any atom is -0.324 e. The number of anilines is 2. The molecule has 0 amide bonds. The SMILES string of the molecule is FC(F)(F)c1ccccc1-c1cccc(Nc2nccc(-c3nccs3)n2)c1. The molecule has 0 spiro atoms. The molecule has 0 saturated carbocycles. The first-order chi connectivity index (χ1) is 13.5. The minimum atomic E-state index is -4.43. The van der Waals surface area contributed by atoms with E-state index < -0.39 is 11.7 Å². The molecule has 8 heteroatoms. The highest BCUT2D eigenvalue weighted by Gasteiger charge is 2.33. The first kappa shape index (κ1) is 18.1. The van der Waals surface area contributed by atoms with Gasteiger partial charge in [0.1, 0.15) is 10.7 Å². The molecule has 0 aliphatic rings. The molecular weight excluding hydrogens is 385 g/mol. The first-order valence-electron chi connectivity index (χ1n) is 8.27. The second kappa shape index (κ2) is 7.40. The molecule has 0 atom stereocenters. The summed E-state index contributed by atoms with van der Waals surface area (Å²) in [5.41, 5.74) is 1.16. The van der Waals surface area contributed by atoms with Gasteiger partial charge in [-0.3, -0.25) is 0 Å². The van der Waals surface area contributed by atoms with Crippen molar-refractivity contribution in [2.75, 3.05) is 5.32 Å². The average molecular weight is 398 g/mol. The number of halogens is 3. The van der Waals surface area contributed by atoms with Crippen molar-refractivity contribution in [2.45, 2.75) is 6.18 Å². The van der Waals surface area contributed by atoms with E-state index in [0.717, 1.165) is 11.1 Å². The monoisotopic (exact) mass is 398 g/mol. The molecular formula is C20H13F3N4S. The van der Waals surface area contributed by atoms with Crippen LogP contribution in [0, 0.1) is 0 Å². The standard InChI is InChI=1S/C20H13F3N4S/c21-20(22,23)16-7-2-1-6-15(16)13-4-3-5-14(12-13)26-19-25-9-8-17(27-19)18-24-10-11-28-18/h1-12H,(H,25,26,27). The summed E-state index contributed by atoms with van der Waals surface area (Å²) in [6.07, 6.45) is -1.13. The van der Waals surface area contributed by atoms with Crippen molar-refractivity contribution < 1.29 is 13.2 Å². The summed E-state index contributed by atoms with van der Waals surface area (Å²) in [5, 5.41) is 5.66. The van der Waals surface area contributed by atoms with E-state index in [0.29, 0.717) is 22.9 Å². The molecule has 28 heavy (non-hydrogen) atoms. The Kier molecular flexibility index (Phi) is 4.79. The summed E-state index contributed by atoms with van der Waals surface area (Å²) in [7, 11) is 0. The number of hydrogen-bond donors (Lipinski definition) is 1. The van der Waals surface area contributed by atoms with Crippen LogP contribution in [0.2, 0.25) is 0 Å². The van der Waals surface area contributed by atoms with Crippen LogP contribution in [0.1, 0.15) is 5.56 Å². The van der Waals surface area contributed by atoms with E-state index in [1.807, 2.05) is 5.38 Å². The lowest BCUT2D eigenvalue weighted by molar-refractivity contribution is -0.137. The minimum absolute atomic E-state index is 0.121.